The number of aliphatic hydroxyl groups excluding tert-OH is 1. The van der Waals surface area contributed by atoms with Crippen molar-refractivity contribution in [1.29, 1.82) is 0 Å². The van der Waals surface area contributed by atoms with Crippen LogP contribution in [0.3, 0.4) is 0 Å². The minimum absolute atomic E-state index is 0.0462. The van der Waals surface area contributed by atoms with Gasteiger partial charge in [0.1, 0.15) is 5.60 Å². The van der Waals surface area contributed by atoms with Crippen molar-refractivity contribution in [3.8, 4) is 0 Å². The second-order valence-corrected chi connectivity index (χ2v) is 8.56. The highest BCUT2D eigenvalue weighted by Crippen LogP contribution is 2.57. The van der Waals surface area contributed by atoms with E-state index in [-0.39, 0.29) is 29.6 Å². The van der Waals surface area contributed by atoms with Gasteiger partial charge in [-0.25, -0.2) is 0 Å². The fourth-order valence-corrected chi connectivity index (χ4v) is 4.46. The molecule has 0 aromatic carbocycles. The number of ether oxygens (including phenoxy) is 1. The molecule has 130 valence electrons. The van der Waals surface area contributed by atoms with Crippen LogP contribution >= 0.6 is 0 Å². The standard InChI is InChI=1S/C18H29NO4/c1-18(2,3)23-17(22)10-7-11(14(20)8-10)9-19-16(21)15-12-5-4-6-13(12)15/h10-15,20H,4-9H2,1-3H3,(H,19,21)/t10-,11+,12-,13+,14-,15?/m0/s1. The molecule has 3 rings (SSSR count). The van der Waals surface area contributed by atoms with Crippen molar-refractivity contribution in [3.63, 3.8) is 0 Å². The Hall–Kier alpha value is -1.10. The molecule has 0 bridgehead atoms. The molecule has 3 aliphatic carbocycles. The first-order valence-corrected chi connectivity index (χ1v) is 8.95. The molecule has 0 radical (unpaired) electrons. The topological polar surface area (TPSA) is 75.6 Å². The number of fused-ring (bicyclic) bond motifs is 1. The second kappa shape index (κ2) is 6.08. The zero-order chi connectivity index (χ0) is 16.8. The molecular formula is C18H29NO4. The number of esters is 1. The van der Waals surface area contributed by atoms with Gasteiger partial charge in [-0.05, 0) is 58.3 Å². The fraction of sp³-hybridized carbons (Fsp3) is 0.889. The summed E-state index contributed by atoms with van der Waals surface area (Å²) in [5.41, 5.74) is -0.502. The lowest BCUT2D eigenvalue weighted by Gasteiger charge is -2.22. The molecule has 6 atom stereocenters. The highest BCUT2D eigenvalue weighted by Gasteiger charge is 2.56. The van der Waals surface area contributed by atoms with Crippen LogP contribution in [0.5, 0.6) is 0 Å². The number of amides is 1. The van der Waals surface area contributed by atoms with Crippen LogP contribution in [-0.4, -0.2) is 35.2 Å². The molecule has 3 saturated carbocycles. The van der Waals surface area contributed by atoms with Crippen LogP contribution in [0.2, 0.25) is 0 Å². The Morgan fingerprint density at radius 3 is 2.43 bits per heavy atom. The van der Waals surface area contributed by atoms with Crippen LogP contribution < -0.4 is 5.32 Å². The minimum atomic E-state index is -0.536. The van der Waals surface area contributed by atoms with Crippen molar-refractivity contribution in [2.75, 3.05) is 6.54 Å². The molecule has 3 aliphatic rings. The Morgan fingerprint density at radius 1 is 1.17 bits per heavy atom. The van der Waals surface area contributed by atoms with E-state index in [1.54, 1.807) is 0 Å². The van der Waals surface area contributed by atoms with Gasteiger partial charge in [0.15, 0.2) is 0 Å². The first kappa shape index (κ1) is 16.7. The van der Waals surface area contributed by atoms with Gasteiger partial charge < -0.3 is 15.2 Å². The minimum Gasteiger partial charge on any atom is -0.460 e. The average Bonchev–Trinajstić information content (AvgIpc) is 2.80. The SMILES string of the molecule is CC(C)(C)OC(=O)[C@H]1C[C@H](CNC(=O)C2[C@H]3CCC[C@@H]23)[C@@H](O)C1. The van der Waals surface area contributed by atoms with E-state index in [0.29, 0.717) is 31.2 Å². The second-order valence-electron chi connectivity index (χ2n) is 8.56. The number of nitrogens with one attached hydrogen (secondary N) is 1. The number of hydrogen-bond donors (Lipinski definition) is 2. The number of hydrogen-bond acceptors (Lipinski definition) is 4. The van der Waals surface area contributed by atoms with Gasteiger partial charge in [-0.1, -0.05) is 6.42 Å². The van der Waals surface area contributed by atoms with Crippen LogP contribution in [0.25, 0.3) is 0 Å². The molecule has 0 aromatic heterocycles. The summed E-state index contributed by atoms with van der Waals surface area (Å²) in [6.45, 7) is 6.01. The average molecular weight is 323 g/mol. The molecule has 0 saturated heterocycles. The summed E-state index contributed by atoms with van der Waals surface area (Å²) in [4.78, 5) is 24.3. The van der Waals surface area contributed by atoms with Gasteiger partial charge in [-0.3, -0.25) is 9.59 Å². The summed E-state index contributed by atoms with van der Waals surface area (Å²) in [5, 5.41) is 13.2. The number of aliphatic hydroxyl groups is 1. The van der Waals surface area contributed by atoms with Gasteiger partial charge in [0, 0.05) is 18.4 Å². The van der Waals surface area contributed by atoms with E-state index in [4.69, 9.17) is 4.74 Å². The van der Waals surface area contributed by atoms with Gasteiger partial charge in [0.05, 0.1) is 12.0 Å². The summed E-state index contributed by atoms with van der Waals surface area (Å²) in [6.07, 6.45) is 4.13. The van der Waals surface area contributed by atoms with E-state index in [2.05, 4.69) is 5.32 Å². The Bertz CT molecular complexity index is 474. The van der Waals surface area contributed by atoms with E-state index < -0.39 is 11.7 Å². The molecule has 1 unspecified atom stereocenters. The highest BCUT2D eigenvalue weighted by atomic mass is 16.6. The van der Waals surface area contributed by atoms with Crippen molar-refractivity contribution in [1.82, 2.24) is 5.32 Å². The molecule has 0 aliphatic heterocycles. The van der Waals surface area contributed by atoms with Crippen molar-refractivity contribution in [2.24, 2.45) is 29.6 Å². The van der Waals surface area contributed by atoms with Gasteiger partial charge in [-0.2, -0.15) is 0 Å². The van der Waals surface area contributed by atoms with Gasteiger partial charge in [0.2, 0.25) is 5.91 Å². The Labute approximate surface area is 138 Å². The van der Waals surface area contributed by atoms with Gasteiger partial charge in [0.25, 0.3) is 0 Å². The molecule has 0 aromatic rings. The first-order valence-electron chi connectivity index (χ1n) is 8.95. The predicted molar refractivity (Wildman–Crippen MR) is 85.4 cm³/mol. The molecule has 3 fully saturated rings. The summed E-state index contributed by atoms with van der Waals surface area (Å²) >= 11 is 0. The number of carbonyl (C=O) groups excluding carboxylic acids is 2. The zero-order valence-electron chi connectivity index (χ0n) is 14.4. The molecule has 5 heteroatoms. The Kier molecular flexibility index (Phi) is 4.43. The van der Waals surface area contributed by atoms with Crippen molar-refractivity contribution < 1.29 is 19.4 Å². The number of rotatable bonds is 4. The summed E-state index contributed by atoms with van der Waals surface area (Å²) in [7, 11) is 0. The third-order valence-corrected chi connectivity index (χ3v) is 5.65. The molecule has 1 amide bonds. The molecular weight excluding hydrogens is 294 g/mol. The van der Waals surface area contributed by atoms with Crippen molar-refractivity contribution >= 4 is 11.9 Å². The van der Waals surface area contributed by atoms with E-state index in [1.807, 2.05) is 20.8 Å². The number of carbonyl (C=O) groups is 2. The van der Waals surface area contributed by atoms with E-state index in [9.17, 15) is 14.7 Å². The molecule has 2 N–H and O–H groups in total. The van der Waals surface area contributed by atoms with Gasteiger partial charge in [-0.15, -0.1) is 0 Å². The summed E-state index contributed by atoms with van der Waals surface area (Å²) in [5.74, 6) is 1.04. The van der Waals surface area contributed by atoms with Gasteiger partial charge >= 0.3 is 5.97 Å². The predicted octanol–water partition coefficient (Wildman–Crippen LogP) is 1.88. The lowest BCUT2D eigenvalue weighted by molar-refractivity contribution is -0.160. The highest BCUT2D eigenvalue weighted by molar-refractivity contribution is 5.82. The maximum absolute atomic E-state index is 12.2. The molecule has 0 spiro atoms. The van der Waals surface area contributed by atoms with Crippen LogP contribution in [0.1, 0.15) is 52.9 Å². The largest absolute Gasteiger partial charge is 0.460 e. The third kappa shape index (κ3) is 3.70. The normalized spacial score (nSPS) is 39.0. The first-order chi connectivity index (χ1) is 10.8. The van der Waals surface area contributed by atoms with Crippen molar-refractivity contribution in [2.45, 2.75) is 64.6 Å². The summed E-state index contributed by atoms with van der Waals surface area (Å²) in [6, 6.07) is 0. The zero-order valence-corrected chi connectivity index (χ0v) is 14.4. The quantitative estimate of drug-likeness (QED) is 0.775. The van der Waals surface area contributed by atoms with E-state index in [0.717, 1.165) is 0 Å². The molecule has 0 heterocycles. The monoisotopic (exact) mass is 323 g/mol. The Morgan fingerprint density at radius 2 is 1.83 bits per heavy atom. The van der Waals surface area contributed by atoms with Crippen LogP contribution in [0, 0.1) is 29.6 Å². The molecule has 5 nitrogen and oxygen atoms in total. The maximum Gasteiger partial charge on any atom is 0.309 e. The summed E-state index contributed by atoms with van der Waals surface area (Å²) < 4.78 is 5.41. The maximum atomic E-state index is 12.2. The lowest BCUT2D eigenvalue weighted by Crippen LogP contribution is -2.34. The fourth-order valence-electron chi connectivity index (χ4n) is 4.46. The van der Waals surface area contributed by atoms with Crippen LogP contribution in [0.15, 0.2) is 0 Å². The van der Waals surface area contributed by atoms with E-state index >= 15 is 0 Å². The van der Waals surface area contributed by atoms with Crippen LogP contribution in [0.4, 0.5) is 0 Å². The Balaban J connectivity index is 1.44. The van der Waals surface area contributed by atoms with Crippen LogP contribution in [-0.2, 0) is 14.3 Å². The lowest BCUT2D eigenvalue weighted by atomic mass is 10.0. The van der Waals surface area contributed by atoms with Crippen molar-refractivity contribution in [3.05, 3.63) is 0 Å². The van der Waals surface area contributed by atoms with E-state index in [1.165, 1.54) is 19.3 Å². The third-order valence-electron chi connectivity index (χ3n) is 5.65. The smallest absolute Gasteiger partial charge is 0.309 e. The molecule has 23 heavy (non-hydrogen) atoms.